The van der Waals surface area contributed by atoms with Crippen molar-refractivity contribution in [2.45, 2.75) is 44.6 Å². The lowest BCUT2D eigenvalue weighted by molar-refractivity contribution is -0.274. The van der Waals surface area contributed by atoms with Crippen LogP contribution in [-0.2, 0) is 13.1 Å². The Kier molecular flexibility index (Phi) is 5.43. The van der Waals surface area contributed by atoms with Gasteiger partial charge in [-0.1, -0.05) is 29.8 Å². The molecule has 2 aliphatic rings. The minimum absolute atomic E-state index is 0.163. The molecular formula is C23H20ClF3N4O. The summed E-state index contributed by atoms with van der Waals surface area (Å²) in [6.07, 6.45) is -0.335. The van der Waals surface area contributed by atoms with Crippen LogP contribution in [0.2, 0.25) is 5.02 Å². The summed E-state index contributed by atoms with van der Waals surface area (Å²) in [5, 5.41) is 13.0. The lowest BCUT2D eigenvalue weighted by Crippen LogP contribution is -2.17. The minimum atomic E-state index is -4.70. The van der Waals surface area contributed by atoms with Crippen LogP contribution in [0.4, 0.5) is 13.2 Å². The molecule has 166 valence electrons. The zero-order valence-electron chi connectivity index (χ0n) is 17.0. The fraction of sp³-hybridized carbons (Fsp3) is 0.304. The molecule has 1 aromatic heterocycles. The van der Waals surface area contributed by atoms with Gasteiger partial charge in [0.05, 0.1) is 12.2 Å². The van der Waals surface area contributed by atoms with E-state index in [2.05, 4.69) is 30.9 Å². The molecule has 9 heteroatoms. The number of allylic oxidation sites excluding steroid dienone is 2. The molecule has 0 radical (unpaired) electrons. The molecule has 1 N–H and O–H groups in total. The smallest absolute Gasteiger partial charge is 0.406 e. The van der Waals surface area contributed by atoms with Crippen LogP contribution < -0.4 is 10.1 Å². The van der Waals surface area contributed by atoms with Gasteiger partial charge < -0.3 is 10.1 Å². The third kappa shape index (κ3) is 4.25. The molecule has 1 unspecified atom stereocenters. The van der Waals surface area contributed by atoms with Gasteiger partial charge in [0.2, 0.25) is 0 Å². The molecule has 1 aliphatic heterocycles. The number of rotatable bonds is 3. The van der Waals surface area contributed by atoms with Crippen LogP contribution in [0.5, 0.6) is 5.75 Å². The van der Waals surface area contributed by atoms with Crippen molar-refractivity contribution in [2.75, 3.05) is 0 Å². The van der Waals surface area contributed by atoms with Crippen LogP contribution in [0.25, 0.3) is 11.3 Å². The molecule has 5 rings (SSSR count). The van der Waals surface area contributed by atoms with Gasteiger partial charge >= 0.3 is 6.36 Å². The summed E-state index contributed by atoms with van der Waals surface area (Å²) in [5.74, 6) is 1.71. The van der Waals surface area contributed by atoms with Crippen molar-refractivity contribution >= 4 is 17.2 Å². The number of hydrogen-bond acceptors (Lipinski definition) is 4. The van der Waals surface area contributed by atoms with Gasteiger partial charge in [0.15, 0.2) is 5.82 Å². The Bertz CT molecular complexity index is 1190. The number of nitrogens with one attached hydrogen (secondary N) is 1. The van der Waals surface area contributed by atoms with Crippen molar-refractivity contribution < 1.29 is 17.9 Å². The Hall–Kier alpha value is -2.84. The number of benzene rings is 2. The van der Waals surface area contributed by atoms with Gasteiger partial charge in [0.25, 0.3) is 0 Å². The standard InChI is InChI=1S/C23H20ClF3N4O/c24-18-8-9-20-17(10-18)12-28-13-21-29-30-22(31(20)21)15-6-4-14(5-7-15)16-2-1-3-19(11-16)32-23(25,26)27/h1-4,8-11,15,28H,5-7,12-13H2. The van der Waals surface area contributed by atoms with Crippen LogP contribution in [0.1, 0.15) is 48.0 Å². The number of nitrogens with zero attached hydrogens (tertiary/aromatic N) is 3. The highest BCUT2D eigenvalue weighted by Gasteiger charge is 2.31. The topological polar surface area (TPSA) is 52.0 Å². The predicted molar refractivity (Wildman–Crippen MR) is 115 cm³/mol. The third-order valence-corrected chi connectivity index (χ3v) is 6.09. The molecule has 3 aromatic rings. The first-order chi connectivity index (χ1) is 15.4. The zero-order chi connectivity index (χ0) is 22.3. The number of fused-ring (bicyclic) bond motifs is 3. The van der Waals surface area contributed by atoms with Crippen LogP contribution in [0.3, 0.4) is 0 Å². The molecule has 5 nitrogen and oxygen atoms in total. The van der Waals surface area contributed by atoms with Crippen molar-refractivity contribution in [1.82, 2.24) is 20.1 Å². The Balaban J connectivity index is 1.41. The van der Waals surface area contributed by atoms with Gasteiger partial charge in [-0.3, -0.25) is 4.57 Å². The van der Waals surface area contributed by atoms with Crippen LogP contribution in [0, 0.1) is 0 Å². The third-order valence-electron chi connectivity index (χ3n) is 5.85. The second-order valence-electron chi connectivity index (χ2n) is 7.96. The van der Waals surface area contributed by atoms with Crippen molar-refractivity contribution in [3.05, 3.63) is 76.3 Å². The molecule has 0 amide bonds. The number of ether oxygens (including phenoxy) is 1. The van der Waals surface area contributed by atoms with Gasteiger partial charge in [-0.15, -0.1) is 23.4 Å². The largest absolute Gasteiger partial charge is 0.573 e. The molecular weight excluding hydrogens is 441 g/mol. The molecule has 2 heterocycles. The molecule has 32 heavy (non-hydrogen) atoms. The molecule has 0 bridgehead atoms. The highest BCUT2D eigenvalue weighted by molar-refractivity contribution is 6.30. The van der Waals surface area contributed by atoms with E-state index in [0.717, 1.165) is 53.3 Å². The Morgan fingerprint density at radius 1 is 1.09 bits per heavy atom. The normalized spacial score (nSPS) is 18.4. The number of alkyl halides is 3. The second kappa shape index (κ2) is 8.26. The summed E-state index contributed by atoms with van der Waals surface area (Å²) in [6.45, 7) is 1.31. The monoisotopic (exact) mass is 460 g/mol. The molecule has 0 spiro atoms. The van der Waals surface area contributed by atoms with Crippen molar-refractivity contribution in [1.29, 1.82) is 0 Å². The van der Waals surface area contributed by atoms with E-state index in [4.69, 9.17) is 11.6 Å². The highest BCUT2D eigenvalue weighted by Crippen LogP contribution is 2.38. The molecule has 0 saturated heterocycles. The number of hydrogen-bond donors (Lipinski definition) is 1. The Morgan fingerprint density at radius 2 is 1.97 bits per heavy atom. The van der Waals surface area contributed by atoms with Gasteiger partial charge in [-0.25, -0.2) is 0 Å². The lowest BCUT2D eigenvalue weighted by Gasteiger charge is -2.23. The van der Waals surface area contributed by atoms with Gasteiger partial charge in [-0.05, 0) is 66.3 Å². The van der Waals surface area contributed by atoms with Gasteiger partial charge in [-0.2, -0.15) is 0 Å². The van der Waals surface area contributed by atoms with Gasteiger partial charge in [0, 0.05) is 17.5 Å². The summed E-state index contributed by atoms with van der Waals surface area (Å²) in [7, 11) is 0. The summed E-state index contributed by atoms with van der Waals surface area (Å²) >= 11 is 6.19. The zero-order valence-corrected chi connectivity index (χ0v) is 17.7. The quantitative estimate of drug-likeness (QED) is 0.539. The minimum Gasteiger partial charge on any atom is -0.406 e. The Labute approximate surface area is 187 Å². The number of halogens is 4. The predicted octanol–water partition coefficient (Wildman–Crippen LogP) is 5.77. The molecule has 1 aliphatic carbocycles. The van der Waals surface area contributed by atoms with Crippen LogP contribution in [0.15, 0.2) is 48.5 Å². The van der Waals surface area contributed by atoms with Crippen LogP contribution in [-0.4, -0.2) is 21.1 Å². The molecule has 2 aromatic carbocycles. The second-order valence-corrected chi connectivity index (χ2v) is 8.40. The van der Waals surface area contributed by atoms with Crippen molar-refractivity contribution in [2.24, 2.45) is 0 Å². The first-order valence-corrected chi connectivity index (χ1v) is 10.7. The van der Waals surface area contributed by atoms with E-state index >= 15 is 0 Å². The average molecular weight is 461 g/mol. The van der Waals surface area contributed by atoms with E-state index in [1.165, 1.54) is 12.1 Å². The van der Waals surface area contributed by atoms with E-state index in [-0.39, 0.29) is 11.7 Å². The van der Waals surface area contributed by atoms with E-state index < -0.39 is 6.36 Å². The molecule has 1 atom stereocenters. The molecule has 0 fully saturated rings. The fourth-order valence-corrected chi connectivity index (χ4v) is 4.61. The maximum atomic E-state index is 12.6. The summed E-state index contributed by atoms with van der Waals surface area (Å²) in [6, 6.07) is 12.0. The summed E-state index contributed by atoms with van der Waals surface area (Å²) < 4.78 is 43.8. The SMILES string of the molecule is FC(F)(F)Oc1cccc(C2=CCC(c3nnc4n3-c3ccc(Cl)cc3CNC4)CC2)c1. The first kappa shape index (κ1) is 21.0. The van der Waals surface area contributed by atoms with Gasteiger partial charge in [0.1, 0.15) is 11.6 Å². The van der Waals surface area contributed by atoms with E-state index in [0.29, 0.717) is 18.1 Å². The summed E-state index contributed by atoms with van der Waals surface area (Å²) in [5.41, 5.74) is 3.87. The first-order valence-electron chi connectivity index (χ1n) is 10.4. The Morgan fingerprint density at radius 3 is 2.75 bits per heavy atom. The fourth-order valence-electron chi connectivity index (χ4n) is 4.42. The van der Waals surface area contributed by atoms with Crippen LogP contribution >= 0.6 is 11.6 Å². The maximum absolute atomic E-state index is 12.6. The van der Waals surface area contributed by atoms with E-state index in [9.17, 15) is 13.2 Å². The van der Waals surface area contributed by atoms with Crippen molar-refractivity contribution in [3.63, 3.8) is 0 Å². The average Bonchev–Trinajstić information content (AvgIpc) is 3.08. The van der Waals surface area contributed by atoms with Crippen molar-refractivity contribution in [3.8, 4) is 11.4 Å². The lowest BCUT2D eigenvalue weighted by atomic mass is 9.86. The molecule has 0 saturated carbocycles. The number of aromatic nitrogens is 3. The summed E-state index contributed by atoms with van der Waals surface area (Å²) in [4.78, 5) is 0. The highest BCUT2D eigenvalue weighted by atomic mass is 35.5. The van der Waals surface area contributed by atoms with E-state index in [1.54, 1.807) is 6.07 Å². The maximum Gasteiger partial charge on any atom is 0.573 e. The van der Waals surface area contributed by atoms with E-state index in [1.807, 2.05) is 24.3 Å².